The molecule has 0 saturated carbocycles. The number of ether oxygens (including phenoxy) is 1. The standard InChI is InChI=1S/C20H33N3O5/c1-3-5-12-28-20(27)17(14-10-7-6-8-11-14)23-16(24)13-22-19(26)18(25)15(21)9-4-2/h6-8,10-11,15-18,23-25H,3-5,9,12-13,21H2,1-2H3,(H,22,26)/t15?,16-,17+,18?/m1/s1. The summed E-state index contributed by atoms with van der Waals surface area (Å²) in [4.78, 5) is 24.4. The molecule has 6 N–H and O–H groups in total. The second-order valence-corrected chi connectivity index (χ2v) is 6.69. The van der Waals surface area contributed by atoms with Crippen LogP contribution in [-0.2, 0) is 14.3 Å². The molecule has 0 aliphatic carbocycles. The van der Waals surface area contributed by atoms with Crippen molar-refractivity contribution in [1.82, 2.24) is 10.6 Å². The number of aliphatic hydroxyl groups is 2. The van der Waals surface area contributed by atoms with E-state index in [0.717, 1.165) is 19.3 Å². The maximum Gasteiger partial charge on any atom is 0.327 e. The first-order valence-corrected chi connectivity index (χ1v) is 9.77. The molecule has 0 aliphatic rings. The van der Waals surface area contributed by atoms with Gasteiger partial charge in [0.25, 0.3) is 5.91 Å². The zero-order valence-electron chi connectivity index (χ0n) is 16.6. The Morgan fingerprint density at radius 1 is 1.14 bits per heavy atom. The van der Waals surface area contributed by atoms with Crippen molar-refractivity contribution in [2.75, 3.05) is 13.2 Å². The van der Waals surface area contributed by atoms with Gasteiger partial charge in [0.2, 0.25) is 0 Å². The van der Waals surface area contributed by atoms with Crippen LogP contribution >= 0.6 is 0 Å². The molecule has 8 heteroatoms. The zero-order valence-corrected chi connectivity index (χ0v) is 16.6. The van der Waals surface area contributed by atoms with Gasteiger partial charge < -0.3 is 26.0 Å². The number of hydrogen-bond acceptors (Lipinski definition) is 7. The molecule has 1 rings (SSSR count). The summed E-state index contributed by atoms with van der Waals surface area (Å²) in [6.07, 6.45) is 0.331. The van der Waals surface area contributed by atoms with E-state index in [2.05, 4.69) is 10.6 Å². The second kappa shape index (κ2) is 13.2. The fourth-order valence-corrected chi connectivity index (χ4v) is 2.59. The van der Waals surface area contributed by atoms with Crippen LogP contribution < -0.4 is 16.4 Å². The van der Waals surface area contributed by atoms with E-state index in [4.69, 9.17) is 10.5 Å². The molecule has 1 aromatic rings. The summed E-state index contributed by atoms with van der Waals surface area (Å²) in [7, 11) is 0. The number of carbonyl (C=O) groups excluding carboxylic acids is 2. The number of benzene rings is 1. The van der Waals surface area contributed by atoms with Crippen LogP contribution in [0.3, 0.4) is 0 Å². The van der Waals surface area contributed by atoms with Crippen molar-refractivity contribution in [3.8, 4) is 0 Å². The van der Waals surface area contributed by atoms with Crippen LogP contribution in [0.25, 0.3) is 0 Å². The molecule has 0 bridgehead atoms. The lowest BCUT2D eigenvalue weighted by Gasteiger charge is -2.23. The number of nitrogens with two attached hydrogens (primary N) is 1. The van der Waals surface area contributed by atoms with Crippen molar-refractivity contribution in [2.45, 2.75) is 63.9 Å². The topological polar surface area (TPSA) is 134 Å². The van der Waals surface area contributed by atoms with Crippen LogP contribution in [0.1, 0.15) is 51.1 Å². The third-order valence-electron chi connectivity index (χ3n) is 4.24. The molecular formula is C20H33N3O5. The largest absolute Gasteiger partial charge is 0.464 e. The summed E-state index contributed by atoms with van der Waals surface area (Å²) >= 11 is 0. The summed E-state index contributed by atoms with van der Waals surface area (Å²) in [6, 6.07) is 7.33. The van der Waals surface area contributed by atoms with E-state index in [1.165, 1.54) is 0 Å². The molecule has 0 fully saturated rings. The van der Waals surface area contributed by atoms with Gasteiger partial charge >= 0.3 is 5.97 Å². The van der Waals surface area contributed by atoms with Crippen LogP contribution in [0, 0.1) is 0 Å². The number of hydrogen-bond donors (Lipinski definition) is 5. The van der Waals surface area contributed by atoms with Crippen molar-refractivity contribution in [1.29, 1.82) is 0 Å². The van der Waals surface area contributed by atoms with Crippen molar-refractivity contribution < 1.29 is 24.5 Å². The van der Waals surface area contributed by atoms with E-state index < -0.39 is 36.3 Å². The predicted molar refractivity (Wildman–Crippen MR) is 106 cm³/mol. The third-order valence-corrected chi connectivity index (χ3v) is 4.24. The van der Waals surface area contributed by atoms with E-state index >= 15 is 0 Å². The molecule has 4 atom stereocenters. The Kier molecular flexibility index (Phi) is 11.4. The Balaban J connectivity index is 2.64. The van der Waals surface area contributed by atoms with E-state index in [1.54, 1.807) is 24.3 Å². The van der Waals surface area contributed by atoms with Crippen LogP contribution in [0.5, 0.6) is 0 Å². The lowest BCUT2D eigenvalue weighted by atomic mass is 10.1. The van der Waals surface area contributed by atoms with Gasteiger partial charge in [-0.25, -0.2) is 4.79 Å². The van der Waals surface area contributed by atoms with Gasteiger partial charge in [-0.1, -0.05) is 57.0 Å². The minimum absolute atomic E-state index is 0.194. The first kappa shape index (κ1) is 24.0. The fraction of sp³-hybridized carbons (Fsp3) is 0.600. The maximum absolute atomic E-state index is 12.4. The molecule has 2 unspecified atom stereocenters. The van der Waals surface area contributed by atoms with Crippen LogP contribution in [0.4, 0.5) is 0 Å². The van der Waals surface area contributed by atoms with E-state index in [-0.39, 0.29) is 6.54 Å². The van der Waals surface area contributed by atoms with E-state index in [0.29, 0.717) is 18.6 Å². The van der Waals surface area contributed by atoms with Gasteiger partial charge in [-0.3, -0.25) is 10.1 Å². The van der Waals surface area contributed by atoms with Gasteiger partial charge in [0.15, 0.2) is 0 Å². The van der Waals surface area contributed by atoms with Crippen LogP contribution in [-0.4, -0.2) is 53.6 Å². The highest BCUT2D eigenvalue weighted by atomic mass is 16.5. The van der Waals surface area contributed by atoms with Gasteiger partial charge in [0.05, 0.1) is 13.2 Å². The second-order valence-electron chi connectivity index (χ2n) is 6.69. The van der Waals surface area contributed by atoms with E-state index in [9.17, 15) is 19.8 Å². The number of rotatable bonds is 13. The van der Waals surface area contributed by atoms with Crippen molar-refractivity contribution in [3.63, 3.8) is 0 Å². The molecular weight excluding hydrogens is 362 g/mol. The molecule has 0 aromatic heterocycles. The van der Waals surface area contributed by atoms with E-state index in [1.807, 2.05) is 19.9 Å². The van der Waals surface area contributed by atoms with Gasteiger partial charge in [0.1, 0.15) is 18.4 Å². The van der Waals surface area contributed by atoms with Crippen LogP contribution in [0.15, 0.2) is 30.3 Å². The molecule has 0 spiro atoms. The fourth-order valence-electron chi connectivity index (χ4n) is 2.59. The Morgan fingerprint density at radius 3 is 2.43 bits per heavy atom. The Morgan fingerprint density at radius 2 is 1.82 bits per heavy atom. The summed E-state index contributed by atoms with van der Waals surface area (Å²) in [6.45, 7) is 4.00. The van der Waals surface area contributed by atoms with Gasteiger partial charge in [-0.05, 0) is 18.4 Å². The molecule has 0 aliphatic heterocycles. The Labute approximate surface area is 166 Å². The summed E-state index contributed by atoms with van der Waals surface area (Å²) in [5.41, 5.74) is 6.38. The SMILES string of the molecule is CCCCOC(=O)[C@@H](N[C@H](O)CNC(=O)C(O)C(N)CCC)c1ccccc1. The number of amides is 1. The molecule has 8 nitrogen and oxygen atoms in total. The number of carbonyl (C=O) groups is 2. The predicted octanol–water partition coefficient (Wildman–Crippen LogP) is 0.584. The van der Waals surface area contributed by atoms with Crippen molar-refractivity contribution in [2.24, 2.45) is 5.73 Å². The summed E-state index contributed by atoms with van der Waals surface area (Å²) < 4.78 is 5.27. The highest BCUT2D eigenvalue weighted by Gasteiger charge is 2.26. The lowest BCUT2D eigenvalue weighted by Crippen LogP contribution is -2.50. The molecule has 1 amide bonds. The van der Waals surface area contributed by atoms with Gasteiger partial charge in [0, 0.05) is 6.04 Å². The average Bonchev–Trinajstić information content (AvgIpc) is 2.70. The minimum Gasteiger partial charge on any atom is -0.464 e. The first-order chi connectivity index (χ1) is 13.4. The normalized spacial score (nSPS) is 15.3. The van der Waals surface area contributed by atoms with Crippen LogP contribution in [0.2, 0.25) is 0 Å². The van der Waals surface area contributed by atoms with Crippen molar-refractivity contribution >= 4 is 11.9 Å². The minimum atomic E-state index is -1.35. The Bertz CT molecular complexity index is 584. The molecule has 158 valence electrons. The highest BCUT2D eigenvalue weighted by Crippen LogP contribution is 2.15. The quantitative estimate of drug-likeness (QED) is 0.187. The molecule has 0 radical (unpaired) electrons. The third kappa shape index (κ3) is 8.35. The smallest absolute Gasteiger partial charge is 0.327 e. The average molecular weight is 396 g/mol. The maximum atomic E-state index is 12.4. The molecule has 0 saturated heterocycles. The molecule has 0 heterocycles. The number of nitrogens with one attached hydrogen (secondary N) is 2. The zero-order chi connectivity index (χ0) is 20.9. The monoisotopic (exact) mass is 395 g/mol. The lowest BCUT2D eigenvalue weighted by molar-refractivity contribution is -0.147. The van der Waals surface area contributed by atoms with Gasteiger partial charge in [-0.15, -0.1) is 0 Å². The number of unbranched alkanes of at least 4 members (excludes halogenated alkanes) is 1. The number of esters is 1. The molecule has 28 heavy (non-hydrogen) atoms. The Hall–Kier alpha value is -2.00. The summed E-state index contributed by atoms with van der Waals surface area (Å²) in [5.74, 6) is -1.17. The van der Waals surface area contributed by atoms with Crippen molar-refractivity contribution in [3.05, 3.63) is 35.9 Å². The van der Waals surface area contributed by atoms with Gasteiger partial charge in [-0.2, -0.15) is 0 Å². The first-order valence-electron chi connectivity index (χ1n) is 9.77. The summed E-state index contributed by atoms with van der Waals surface area (Å²) in [5, 5.41) is 25.3. The molecule has 1 aromatic carbocycles. The number of aliphatic hydroxyl groups excluding tert-OH is 2. The highest BCUT2D eigenvalue weighted by molar-refractivity contribution is 5.81.